The Bertz CT molecular complexity index is 241. The van der Waals surface area contributed by atoms with E-state index in [0.717, 1.165) is 5.92 Å². The highest BCUT2D eigenvalue weighted by Crippen LogP contribution is 2.28. The predicted octanol–water partition coefficient (Wildman–Crippen LogP) is 4.47. The molecule has 0 aromatic heterocycles. The molecule has 1 aliphatic carbocycles. The fourth-order valence-electron chi connectivity index (χ4n) is 2.53. The van der Waals surface area contributed by atoms with Crippen LogP contribution in [0.15, 0.2) is 0 Å². The average Bonchev–Trinajstić information content (AvgIpc) is 2.89. The standard InChI is InChI=1S/C10H20.C6H10O4/c1-2-3-4-7-10-8-5-6-9-10;7-5(8)3-1-2-4-6(9)10/h10H,2-9H2,1H3;1-4H2,(H,7,8)(H,9,10). The maximum Gasteiger partial charge on any atom is 0.303 e. The molecule has 4 heteroatoms. The van der Waals surface area contributed by atoms with Crippen LogP contribution >= 0.6 is 0 Å². The van der Waals surface area contributed by atoms with Crippen molar-refractivity contribution in [1.82, 2.24) is 0 Å². The van der Waals surface area contributed by atoms with Crippen molar-refractivity contribution in [3.63, 3.8) is 0 Å². The van der Waals surface area contributed by atoms with Crippen molar-refractivity contribution in [1.29, 1.82) is 0 Å². The van der Waals surface area contributed by atoms with Gasteiger partial charge in [-0.2, -0.15) is 0 Å². The molecule has 2 N–H and O–H groups in total. The van der Waals surface area contributed by atoms with Crippen LogP contribution in [-0.2, 0) is 9.59 Å². The van der Waals surface area contributed by atoms with Crippen LogP contribution in [0.4, 0.5) is 0 Å². The fourth-order valence-corrected chi connectivity index (χ4v) is 2.53. The smallest absolute Gasteiger partial charge is 0.303 e. The van der Waals surface area contributed by atoms with E-state index in [9.17, 15) is 9.59 Å². The van der Waals surface area contributed by atoms with Crippen molar-refractivity contribution >= 4 is 11.9 Å². The zero-order chi connectivity index (χ0) is 15.2. The van der Waals surface area contributed by atoms with Crippen LogP contribution in [0.1, 0.15) is 84.0 Å². The first-order valence-electron chi connectivity index (χ1n) is 7.99. The number of aliphatic carboxylic acids is 2. The third-order valence-corrected chi connectivity index (χ3v) is 3.72. The van der Waals surface area contributed by atoms with E-state index in [1.807, 2.05) is 0 Å². The van der Waals surface area contributed by atoms with E-state index in [4.69, 9.17) is 10.2 Å². The molecule has 1 aliphatic rings. The first kappa shape index (κ1) is 18.9. The minimum atomic E-state index is -0.870. The number of carboxylic acids is 2. The van der Waals surface area contributed by atoms with Gasteiger partial charge in [-0.3, -0.25) is 9.59 Å². The molecule has 118 valence electrons. The Morgan fingerprint density at radius 1 is 0.900 bits per heavy atom. The maximum atomic E-state index is 9.90. The van der Waals surface area contributed by atoms with E-state index in [1.54, 1.807) is 0 Å². The largest absolute Gasteiger partial charge is 0.481 e. The predicted molar refractivity (Wildman–Crippen MR) is 79.8 cm³/mol. The molecule has 0 heterocycles. The van der Waals surface area contributed by atoms with Gasteiger partial charge in [0.05, 0.1) is 0 Å². The molecule has 1 saturated carbocycles. The second-order valence-corrected chi connectivity index (χ2v) is 5.64. The zero-order valence-electron chi connectivity index (χ0n) is 12.8. The summed E-state index contributed by atoms with van der Waals surface area (Å²) in [6.07, 6.45) is 12.9. The number of hydrogen-bond donors (Lipinski definition) is 2. The number of hydrogen-bond acceptors (Lipinski definition) is 2. The topological polar surface area (TPSA) is 74.6 Å². The summed E-state index contributed by atoms with van der Waals surface area (Å²) < 4.78 is 0. The lowest BCUT2D eigenvalue weighted by molar-refractivity contribution is -0.139. The van der Waals surface area contributed by atoms with Crippen LogP contribution in [-0.4, -0.2) is 22.2 Å². The van der Waals surface area contributed by atoms with Crippen LogP contribution < -0.4 is 0 Å². The molecule has 0 bridgehead atoms. The maximum absolute atomic E-state index is 9.90. The molecule has 0 spiro atoms. The van der Waals surface area contributed by atoms with Gasteiger partial charge in [-0.1, -0.05) is 58.3 Å². The van der Waals surface area contributed by atoms with Gasteiger partial charge < -0.3 is 10.2 Å². The minimum absolute atomic E-state index is 0.0628. The Morgan fingerprint density at radius 2 is 1.40 bits per heavy atom. The summed E-state index contributed by atoms with van der Waals surface area (Å²) in [7, 11) is 0. The Hall–Kier alpha value is -1.06. The molecular weight excluding hydrogens is 256 g/mol. The zero-order valence-corrected chi connectivity index (χ0v) is 12.8. The normalized spacial score (nSPS) is 14.7. The van der Waals surface area contributed by atoms with Crippen LogP contribution in [0.2, 0.25) is 0 Å². The van der Waals surface area contributed by atoms with Gasteiger partial charge in [-0.05, 0) is 18.8 Å². The van der Waals surface area contributed by atoms with Gasteiger partial charge in [0.2, 0.25) is 0 Å². The number of unbranched alkanes of at least 4 members (excludes halogenated alkanes) is 3. The van der Waals surface area contributed by atoms with Crippen molar-refractivity contribution < 1.29 is 19.8 Å². The first-order chi connectivity index (χ1) is 9.56. The van der Waals surface area contributed by atoms with Gasteiger partial charge in [-0.15, -0.1) is 0 Å². The van der Waals surface area contributed by atoms with Crippen molar-refractivity contribution in [3.8, 4) is 0 Å². The Morgan fingerprint density at radius 3 is 1.80 bits per heavy atom. The van der Waals surface area contributed by atoms with E-state index < -0.39 is 11.9 Å². The molecule has 0 radical (unpaired) electrons. The summed E-state index contributed by atoms with van der Waals surface area (Å²) in [5.41, 5.74) is 0. The third-order valence-electron chi connectivity index (χ3n) is 3.72. The quantitative estimate of drug-likeness (QED) is 0.613. The summed E-state index contributed by atoms with van der Waals surface area (Å²) >= 11 is 0. The average molecular weight is 286 g/mol. The Labute approximate surface area is 122 Å². The lowest BCUT2D eigenvalue weighted by Gasteiger charge is -2.06. The summed E-state index contributed by atoms with van der Waals surface area (Å²) in [6.45, 7) is 2.29. The molecule has 0 amide bonds. The minimum Gasteiger partial charge on any atom is -0.481 e. The van der Waals surface area contributed by atoms with Crippen molar-refractivity contribution in [3.05, 3.63) is 0 Å². The Balaban J connectivity index is 0.000000361. The molecule has 20 heavy (non-hydrogen) atoms. The lowest BCUT2D eigenvalue weighted by Crippen LogP contribution is -1.97. The lowest BCUT2D eigenvalue weighted by atomic mass is 10.0. The van der Waals surface area contributed by atoms with Gasteiger partial charge in [0.15, 0.2) is 0 Å². The van der Waals surface area contributed by atoms with Crippen LogP contribution in [0.5, 0.6) is 0 Å². The van der Waals surface area contributed by atoms with Crippen molar-refractivity contribution in [2.75, 3.05) is 0 Å². The van der Waals surface area contributed by atoms with Gasteiger partial charge in [0, 0.05) is 12.8 Å². The van der Waals surface area contributed by atoms with Gasteiger partial charge >= 0.3 is 11.9 Å². The molecular formula is C16H30O4. The van der Waals surface area contributed by atoms with Crippen molar-refractivity contribution in [2.24, 2.45) is 5.92 Å². The molecule has 0 atom stereocenters. The van der Waals surface area contributed by atoms with Crippen molar-refractivity contribution in [2.45, 2.75) is 84.0 Å². The second kappa shape index (κ2) is 12.9. The van der Waals surface area contributed by atoms with E-state index >= 15 is 0 Å². The molecule has 0 saturated heterocycles. The third kappa shape index (κ3) is 13.4. The first-order valence-corrected chi connectivity index (χ1v) is 7.99. The highest BCUT2D eigenvalue weighted by Gasteiger charge is 2.13. The molecule has 0 aromatic carbocycles. The highest BCUT2D eigenvalue weighted by atomic mass is 16.4. The van der Waals surface area contributed by atoms with Gasteiger partial charge in [0.1, 0.15) is 0 Å². The summed E-state index contributed by atoms with van der Waals surface area (Å²) in [4.78, 5) is 19.8. The van der Waals surface area contributed by atoms with Gasteiger partial charge in [0.25, 0.3) is 0 Å². The SMILES string of the molecule is CCCCCC1CCCC1.O=C(O)CCCCC(=O)O. The van der Waals surface area contributed by atoms with E-state index in [1.165, 1.54) is 51.4 Å². The molecule has 1 fully saturated rings. The molecule has 1 rings (SSSR count). The number of rotatable bonds is 9. The summed E-state index contributed by atoms with van der Waals surface area (Å²) in [5.74, 6) is -0.623. The van der Waals surface area contributed by atoms with Crippen LogP contribution in [0.25, 0.3) is 0 Å². The van der Waals surface area contributed by atoms with E-state index in [0.29, 0.717) is 12.8 Å². The fraction of sp³-hybridized carbons (Fsp3) is 0.875. The van der Waals surface area contributed by atoms with Crippen LogP contribution in [0.3, 0.4) is 0 Å². The number of carbonyl (C=O) groups is 2. The summed E-state index contributed by atoms with van der Waals surface area (Å²) in [6, 6.07) is 0. The second-order valence-electron chi connectivity index (χ2n) is 5.64. The summed E-state index contributed by atoms with van der Waals surface area (Å²) in [5, 5.41) is 16.3. The highest BCUT2D eigenvalue weighted by molar-refractivity contribution is 5.67. The molecule has 4 nitrogen and oxygen atoms in total. The van der Waals surface area contributed by atoms with E-state index in [-0.39, 0.29) is 12.8 Å². The molecule has 0 unspecified atom stereocenters. The number of carboxylic acid groups (broad SMARTS) is 2. The monoisotopic (exact) mass is 286 g/mol. The molecule has 0 aliphatic heterocycles. The molecule has 0 aromatic rings. The van der Waals surface area contributed by atoms with Gasteiger partial charge in [-0.25, -0.2) is 0 Å². The Kier molecular flexibility index (Phi) is 12.3. The van der Waals surface area contributed by atoms with Crippen LogP contribution in [0, 0.1) is 5.92 Å². The van der Waals surface area contributed by atoms with E-state index in [2.05, 4.69) is 6.92 Å².